The van der Waals surface area contributed by atoms with Crippen LogP contribution in [0.2, 0.25) is 0 Å². The number of amides is 1. The lowest BCUT2D eigenvalue weighted by molar-refractivity contribution is -0.118. The molecule has 2 N–H and O–H groups in total. The lowest BCUT2D eigenvalue weighted by Crippen LogP contribution is -2.42. The van der Waals surface area contributed by atoms with Crippen LogP contribution in [0.5, 0.6) is 0 Å². The standard InChI is InChI=1S/C20H19N3O4S/c24-19(16-8-3-1-4-9-16)15-23-13-7-10-17(14-23)20(25)21-22-28(26,27)18-11-5-2-6-12-18/h1-9,11-14,22H,10,15H2,(H,21,25). The van der Waals surface area contributed by atoms with Crippen LogP contribution in [0.25, 0.3) is 0 Å². The van der Waals surface area contributed by atoms with E-state index in [1.807, 2.05) is 6.07 Å². The summed E-state index contributed by atoms with van der Waals surface area (Å²) in [5.41, 5.74) is 3.12. The summed E-state index contributed by atoms with van der Waals surface area (Å²) in [5.74, 6) is -0.672. The van der Waals surface area contributed by atoms with Gasteiger partial charge in [-0.3, -0.25) is 15.0 Å². The zero-order valence-electron chi connectivity index (χ0n) is 14.9. The minimum Gasteiger partial charge on any atom is -0.346 e. The molecule has 0 spiro atoms. The summed E-state index contributed by atoms with van der Waals surface area (Å²) in [5, 5.41) is 0. The number of sulfonamides is 1. The summed E-state index contributed by atoms with van der Waals surface area (Å²) in [6, 6.07) is 16.6. The first-order valence-corrected chi connectivity index (χ1v) is 10.0. The van der Waals surface area contributed by atoms with Gasteiger partial charge in [-0.25, -0.2) is 8.42 Å². The van der Waals surface area contributed by atoms with Crippen LogP contribution in [-0.4, -0.2) is 31.6 Å². The number of hydrazine groups is 1. The maximum atomic E-state index is 12.3. The summed E-state index contributed by atoms with van der Waals surface area (Å²) in [7, 11) is -3.86. The smallest absolute Gasteiger partial charge is 0.263 e. The van der Waals surface area contributed by atoms with Gasteiger partial charge in [0.05, 0.1) is 11.4 Å². The highest BCUT2D eigenvalue weighted by Crippen LogP contribution is 2.13. The summed E-state index contributed by atoms with van der Waals surface area (Å²) in [6.07, 6.45) is 5.31. The van der Waals surface area contributed by atoms with Gasteiger partial charge in [0.2, 0.25) is 0 Å². The normalized spacial score (nSPS) is 13.7. The molecule has 0 atom stereocenters. The average Bonchev–Trinajstić information content (AvgIpc) is 2.73. The Bertz CT molecular complexity index is 1020. The largest absolute Gasteiger partial charge is 0.346 e. The van der Waals surface area contributed by atoms with E-state index in [4.69, 9.17) is 0 Å². The molecule has 1 heterocycles. The number of hydrogen-bond acceptors (Lipinski definition) is 5. The van der Waals surface area contributed by atoms with Gasteiger partial charge in [-0.2, -0.15) is 0 Å². The van der Waals surface area contributed by atoms with E-state index < -0.39 is 15.9 Å². The summed E-state index contributed by atoms with van der Waals surface area (Å²) < 4.78 is 24.3. The zero-order valence-corrected chi connectivity index (χ0v) is 15.7. The molecule has 1 amide bonds. The Morgan fingerprint density at radius 2 is 1.61 bits per heavy atom. The second-order valence-corrected chi connectivity index (χ2v) is 7.76. The monoisotopic (exact) mass is 397 g/mol. The number of carbonyl (C=O) groups excluding carboxylic acids is 2. The predicted octanol–water partition coefficient (Wildman–Crippen LogP) is 1.98. The molecule has 2 aromatic carbocycles. The van der Waals surface area contributed by atoms with Gasteiger partial charge in [0.25, 0.3) is 15.9 Å². The molecule has 8 heteroatoms. The number of carbonyl (C=O) groups is 2. The molecular weight excluding hydrogens is 378 g/mol. The summed E-state index contributed by atoms with van der Waals surface area (Å²) >= 11 is 0. The van der Waals surface area contributed by atoms with Crippen molar-refractivity contribution in [2.45, 2.75) is 11.3 Å². The second kappa shape index (κ2) is 8.64. The van der Waals surface area contributed by atoms with Gasteiger partial charge in [0.15, 0.2) is 5.78 Å². The van der Waals surface area contributed by atoms with E-state index in [1.54, 1.807) is 59.6 Å². The third kappa shape index (κ3) is 4.93. The van der Waals surface area contributed by atoms with Crippen LogP contribution in [-0.2, 0) is 14.8 Å². The van der Waals surface area contributed by atoms with Gasteiger partial charge >= 0.3 is 0 Å². The van der Waals surface area contributed by atoms with Gasteiger partial charge in [-0.1, -0.05) is 54.6 Å². The van der Waals surface area contributed by atoms with Crippen LogP contribution in [0.4, 0.5) is 0 Å². The maximum Gasteiger partial charge on any atom is 0.263 e. The van der Waals surface area contributed by atoms with E-state index in [0.29, 0.717) is 17.6 Å². The second-order valence-electron chi connectivity index (χ2n) is 6.08. The number of nitrogens with zero attached hydrogens (tertiary/aromatic N) is 1. The van der Waals surface area contributed by atoms with Crippen LogP contribution >= 0.6 is 0 Å². The van der Waals surface area contributed by atoms with Gasteiger partial charge in [-0.05, 0) is 18.6 Å². The molecule has 0 aliphatic carbocycles. The number of Topliss-reactive ketones (excluding diaryl/α,β-unsaturated/α-hetero) is 1. The molecule has 3 rings (SSSR count). The third-order valence-electron chi connectivity index (χ3n) is 4.02. The van der Waals surface area contributed by atoms with Crippen molar-refractivity contribution in [1.82, 2.24) is 15.2 Å². The molecule has 1 aliphatic heterocycles. The quantitative estimate of drug-likeness (QED) is 0.550. The van der Waals surface area contributed by atoms with Crippen LogP contribution in [0.1, 0.15) is 16.8 Å². The Kier molecular flexibility index (Phi) is 6.03. The van der Waals surface area contributed by atoms with Crippen LogP contribution in [0, 0.1) is 0 Å². The summed E-state index contributed by atoms with van der Waals surface area (Å²) in [6.45, 7) is 0.0764. The molecule has 2 aromatic rings. The number of allylic oxidation sites excluding steroid dienone is 1. The topological polar surface area (TPSA) is 95.6 Å². The number of ketones is 1. The Morgan fingerprint density at radius 1 is 0.964 bits per heavy atom. The molecule has 0 saturated carbocycles. The van der Waals surface area contributed by atoms with Crippen molar-refractivity contribution in [2.24, 2.45) is 0 Å². The fraction of sp³-hybridized carbons (Fsp3) is 0.100. The van der Waals surface area contributed by atoms with E-state index in [2.05, 4.69) is 10.3 Å². The molecule has 0 bridgehead atoms. The highest BCUT2D eigenvalue weighted by atomic mass is 32.2. The van der Waals surface area contributed by atoms with Crippen molar-refractivity contribution < 1.29 is 18.0 Å². The van der Waals surface area contributed by atoms with Crippen molar-refractivity contribution in [2.75, 3.05) is 6.54 Å². The van der Waals surface area contributed by atoms with Gasteiger partial charge in [0.1, 0.15) is 0 Å². The molecule has 1 aliphatic rings. The molecule has 0 aromatic heterocycles. The molecule has 7 nitrogen and oxygen atoms in total. The molecule has 0 unspecified atom stereocenters. The minimum atomic E-state index is -3.86. The fourth-order valence-corrected chi connectivity index (χ4v) is 3.45. The Morgan fingerprint density at radius 3 is 2.29 bits per heavy atom. The average molecular weight is 397 g/mol. The SMILES string of the molecule is O=C(NNS(=O)(=O)c1ccccc1)C1=CN(CC(=O)c2ccccc2)C=CC1. The van der Waals surface area contributed by atoms with Gasteiger partial charge in [-0.15, -0.1) is 4.83 Å². The molecule has 0 saturated heterocycles. The summed E-state index contributed by atoms with van der Waals surface area (Å²) in [4.78, 5) is 28.3. The van der Waals surface area contributed by atoms with Crippen molar-refractivity contribution in [3.05, 3.63) is 90.3 Å². The van der Waals surface area contributed by atoms with Crippen molar-refractivity contribution in [1.29, 1.82) is 0 Å². The van der Waals surface area contributed by atoms with Crippen molar-refractivity contribution >= 4 is 21.7 Å². The molecule has 28 heavy (non-hydrogen) atoms. The lowest BCUT2D eigenvalue weighted by atomic mass is 10.1. The van der Waals surface area contributed by atoms with Crippen LogP contribution < -0.4 is 10.3 Å². The number of hydrogen-bond donors (Lipinski definition) is 2. The first-order chi connectivity index (χ1) is 13.5. The molecule has 144 valence electrons. The minimum absolute atomic E-state index is 0.0444. The lowest BCUT2D eigenvalue weighted by Gasteiger charge is -2.20. The number of rotatable bonds is 7. The van der Waals surface area contributed by atoms with E-state index in [9.17, 15) is 18.0 Å². The Hall–Kier alpha value is -3.23. The first kappa shape index (κ1) is 19.5. The number of benzene rings is 2. The Balaban J connectivity index is 1.61. The van der Waals surface area contributed by atoms with Crippen LogP contribution in [0.15, 0.2) is 89.6 Å². The van der Waals surface area contributed by atoms with E-state index in [1.165, 1.54) is 18.3 Å². The number of nitrogens with one attached hydrogen (secondary N) is 2. The highest BCUT2D eigenvalue weighted by molar-refractivity contribution is 7.89. The van der Waals surface area contributed by atoms with Crippen LogP contribution in [0.3, 0.4) is 0 Å². The van der Waals surface area contributed by atoms with Gasteiger partial charge in [0, 0.05) is 23.5 Å². The van der Waals surface area contributed by atoms with E-state index >= 15 is 0 Å². The maximum absolute atomic E-state index is 12.3. The van der Waals surface area contributed by atoms with E-state index in [0.717, 1.165) is 0 Å². The first-order valence-electron chi connectivity index (χ1n) is 8.54. The molecule has 0 radical (unpaired) electrons. The molecular formula is C20H19N3O4S. The fourth-order valence-electron chi connectivity index (χ4n) is 2.59. The van der Waals surface area contributed by atoms with Crippen molar-refractivity contribution in [3.8, 4) is 0 Å². The van der Waals surface area contributed by atoms with Crippen molar-refractivity contribution in [3.63, 3.8) is 0 Å². The van der Waals surface area contributed by atoms with Gasteiger partial charge < -0.3 is 4.90 Å². The van der Waals surface area contributed by atoms with E-state index in [-0.39, 0.29) is 17.2 Å². The Labute approximate surface area is 163 Å². The molecule has 0 fully saturated rings. The zero-order chi connectivity index (χ0) is 20.0. The predicted molar refractivity (Wildman–Crippen MR) is 104 cm³/mol. The highest BCUT2D eigenvalue weighted by Gasteiger charge is 2.18. The third-order valence-corrected chi connectivity index (χ3v) is 5.29.